The Morgan fingerprint density at radius 2 is 2.42 bits per heavy atom. The Morgan fingerprint density at radius 3 is 3.08 bits per heavy atom. The van der Waals surface area contributed by atoms with Crippen LogP contribution in [0.3, 0.4) is 0 Å². The van der Waals surface area contributed by atoms with E-state index >= 15 is 0 Å². The van der Waals surface area contributed by atoms with E-state index in [-0.39, 0.29) is 0 Å². The van der Waals surface area contributed by atoms with E-state index in [1.165, 1.54) is 12.0 Å². The standard InChI is InChI=1S/C9H15N3/c1-7-2-8(4-10-3-7)9-5-11-12-6-9/h5-8,10H,2-4H2,1H3,(H,11,12). The van der Waals surface area contributed by atoms with Gasteiger partial charge in [-0.1, -0.05) is 6.92 Å². The van der Waals surface area contributed by atoms with Gasteiger partial charge in [0.15, 0.2) is 0 Å². The van der Waals surface area contributed by atoms with Crippen LogP contribution in [-0.2, 0) is 0 Å². The maximum absolute atomic E-state index is 3.97. The molecule has 2 N–H and O–H groups in total. The molecule has 1 aliphatic heterocycles. The van der Waals surface area contributed by atoms with Gasteiger partial charge in [0.25, 0.3) is 0 Å². The second-order valence-corrected chi connectivity index (χ2v) is 3.73. The highest BCUT2D eigenvalue weighted by Gasteiger charge is 2.20. The van der Waals surface area contributed by atoms with Crippen LogP contribution >= 0.6 is 0 Å². The molecule has 2 atom stereocenters. The summed E-state index contributed by atoms with van der Waals surface area (Å²) >= 11 is 0. The lowest BCUT2D eigenvalue weighted by atomic mass is 9.88. The molecule has 66 valence electrons. The number of H-pyrrole nitrogens is 1. The van der Waals surface area contributed by atoms with Gasteiger partial charge in [-0.3, -0.25) is 5.10 Å². The molecule has 1 saturated heterocycles. The van der Waals surface area contributed by atoms with Gasteiger partial charge in [-0.2, -0.15) is 5.10 Å². The van der Waals surface area contributed by atoms with Gasteiger partial charge in [0.1, 0.15) is 0 Å². The molecule has 0 saturated carbocycles. The molecule has 3 nitrogen and oxygen atoms in total. The Labute approximate surface area is 72.6 Å². The number of aromatic nitrogens is 2. The van der Waals surface area contributed by atoms with Crippen LogP contribution in [0.2, 0.25) is 0 Å². The summed E-state index contributed by atoms with van der Waals surface area (Å²) in [5.41, 5.74) is 1.34. The van der Waals surface area contributed by atoms with Gasteiger partial charge in [-0.15, -0.1) is 0 Å². The molecule has 0 aliphatic carbocycles. The quantitative estimate of drug-likeness (QED) is 0.654. The largest absolute Gasteiger partial charge is 0.316 e. The second kappa shape index (κ2) is 3.27. The summed E-state index contributed by atoms with van der Waals surface area (Å²) in [5, 5.41) is 10.3. The Balaban J connectivity index is 2.04. The highest BCUT2D eigenvalue weighted by atomic mass is 15.1. The van der Waals surface area contributed by atoms with Gasteiger partial charge in [-0.25, -0.2) is 0 Å². The molecular weight excluding hydrogens is 150 g/mol. The molecule has 2 rings (SSSR count). The first kappa shape index (κ1) is 7.80. The van der Waals surface area contributed by atoms with E-state index in [1.807, 2.05) is 12.4 Å². The van der Waals surface area contributed by atoms with Crippen molar-refractivity contribution in [1.29, 1.82) is 0 Å². The predicted molar refractivity (Wildman–Crippen MR) is 48.0 cm³/mol. The first-order chi connectivity index (χ1) is 5.86. The molecule has 2 heterocycles. The summed E-state index contributed by atoms with van der Waals surface area (Å²) < 4.78 is 0. The van der Waals surface area contributed by atoms with Gasteiger partial charge in [0, 0.05) is 12.7 Å². The zero-order valence-electron chi connectivity index (χ0n) is 7.38. The third-order valence-corrected chi connectivity index (χ3v) is 2.56. The monoisotopic (exact) mass is 165 g/mol. The summed E-state index contributed by atoms with van der Waals surface area (Å²) in [6.07, 6.45) is 5.22. The van der Waals surface area contributed by atoms with E-state index in [0.717, 1.165) is 19.0 Å². The number of rotatable bonds is 1. The zero-order chi connectivity index (χ0) is 8.39. The molecule has 12 heavy (non-hydrogen) atoms. The van der Waals surface area contributed by atoms with Crippen LogP contribution in [0.25, 0.3) is 0 Å². The SMILES string of the molecule is CC1CNCC(c2cn[nH]c2)C1. The lowest BCUT2D eigenvalue weighted by Crippen LogP contribution is -2.33. The number of hydrogen-bond donors (Lipinski definition) is 2. The molecule has 1 aromatic heterocycles. The number of nitrogens with zero attached hydrogens (tertiary/aromatic N) is 1. The minimum absolute atomic E-state index is 0.660. The van der Waals surface area contributed by atoms with E-state index in [9.17, 15) is 0 Å². The normalized spacial score (nSPS) is 30.4. The van der Waals surface area contributed by atoms with Crippen LogP contribution in [-0.4, -0.2) is 23.3 Å². The Bertz CT molecular complexity index is 230. The first-order valence-corrected chi connectivity index (χ1v) is 4.55. The third kappa shape index (κ3) is 1.50. The maximum atomic E-state index is 3.97. The lowest BCUT2D eigenvalue weighted by Gasteiger charge is -2.26. The van der Waals surface area contributed by atoms with E-state index in [0.29, 0.717) is 5.92 Å². The van der Waals surface area contributed by atoms with Crippen LogP contribution in [0.15, 0.2) is 12.4 Å². The molecule has 0 spiro atoms. The van der Waals surface area contributed by atoms with E-state index in [4.69, 9.17) is 0 Å². The number of piperidine rings is 1. The van der Waals surface area contributed by atoms with Gasteiger partial charge < -0.3 is 5.32 Å². The van der Waals surface area contributed by atoms with E-state index in [1.54, 1.807) is 0 Å². The van der Waals surface area contributed by atoms with Crippen LogP contribution in [0.1, 0.15) is 24.8 Å². The van der Waals surface area contributed by atoms with Crippen LogP contribution in [0, 0.1) is 5.92 Å². The molecule has 0 bridgehead atoms. The molecule has 0 aromatic carbocycles. The molecule has 3 heteroatoms. The molecule has 0 amide bonds. The second-order valence-electron chi connectivity index (χ2n) is 3.73. The van der Waals surface area contributed by atoms with Crippen molar-refractivity contribution >= 4 is 0 Å². The number of hydrogen-bond acceptors (Lipinski definition) is 2. The Morgan fingerprint density at radius 1 is 1.50 bits per heavy atom. The summed E-state index contributed by atoms with van der Waals surface area (Å²) in [7, 11) is 0. The van der Waals surface area contributed by atoms with Crippen molar-refractivity contribution in [2.45, 2.75) is 19.3 Å². The summed E-state index contributed by atoms with van der Waals surface area (Å²) in [6, 6.07) is 0. The van der Waals surface area contributed by atoms with Gasteiger partial charge >= 0.3 is 0 Å². The molecule has 1 fully saturated rings. The van der Waals surface area contributed by atoms with Crippen molar-refractivity contribution in [3.05, 3.63) is 18.0 Å². The third-order valence-electron chi connectivity index (χ3n) is 2.56. The Hall–Kier alpha value is -0.830. The zero-order valence-corrected chi connectivity index (χ0v) is 7.38. The van der Waals surface area contributed by atoms with Crippen LogP contribution in [0.4, 0.5) is 0 Å². The summed E-state index contributed by atoms with van der Waals surface area (Å²) in [5.74, 6) is 1.45. The fourth-order valence-corrected chi connectivity index (χ4v) is 1.89. The van der Waals surface area contributed by atoms with Crippen molar-refractivity contribution in [3.8, 4) is 0 Å². The maximum Gasteiger partial charge on any atom is 0.0522 e. The minimum Gasteiger partial charge on any atom is -0.316 e. The highest BCUT2D eigenvalue weighted by molar-refractivity contribution is 5.12. The van der Waals surface area contributed by atoms with Crippen molar-refractivity contribution in [3.63, 3.8) is 0 Å². The van der Waals surface area contributed by atoms with Crippen molar-refractivity contribution in [2.24, 2.45) is 5.92 Å². The molecule has 1 aromatic rings. The topological polar surface area (TPSA) is 40.7 Å². The number of aromatic amines is 1. The lowest BCUT2D eigenvalue weighted by molar-refractivity contribution is 0.364. The first-order valence-electron chi connectivity index (χ1n) is 4.55. The van der Waals surface area contributed by atoms with Crippen molar-refractivity contribution in [1.82, 2.24) is 15.5 Å². The average Bonchev–Trinajstić information content (AvgIpc) is 2.56. The van der Waals surface area contributed by atoms with Gasteiger partial charge in [0.05, 0.1) is 6.20 Å². The van der Waals surface area contributed by atoms with Gasteiger partial charge in [-0.05, 0) is 30.4 Å². The smallest absolute Gasteiger partial charge is 0.0522 e. The molecule has 0 radical (unpaired) electrons. The fourth-order valence-electron chi connectivity index (χ4n) is 1.89. The average molecular weight is 165 g/mol. The fraction of sp³-hybridized carbons (Fsp3) is 0.667. The van der Waals surface area contributed by atoms with E-state index < -0.39 is 0 Å². The van der Waals surface area contributed by atoms with Crippen molar-refractivity contribution < 1.29 is 0 Å². The van der Waals surface area contributed by atoms with Gasteiger partial charge in [0.2, 0.25) is 0 Å². The predicted octanol–water partition coefficient (Wildman–Crippen LogP) is 1.12. The molecular formula is C9H15N3. The van der Waals surface area contributed by atoms with Crippen LogP contribution in [0.5, 0.6) is 0 Å². The summed E-state index contributed by atoms with van der Waals surface area (Å²) in [4.78, 5) is 0. The molecule has 2 unspecified atom stereocenters. The minimum atomic E-state index is 0.660. The highest BCUT2D eigenvalue weighted by Crippen LogP contribution is 2.24. The van der Waals surface area contributed by atoms with Crippen molar-refractivity contribution in [2.75, 3.05) is 13.1 Å². The molecule has 1 aliphatic rings. The number of nitrogens with one attached hydrogen (secondary N) is 2. The summed E-state index contributed by atoms with van der Waals surface area (Å²) in [6.45, 7) is 4.55. The van der Waals surface area contributed by atoms with Crippen LogP contribution < -0.4 is 5.32 Å². The van der Waals surface area contributed by atoms with E-state index in [2.05, 4.69) is 22.4 Å². The Kier molecular flexibility index (Phi) is 2.13.